The molecule has 54 valence electrons. The molecular formula is C6H9N3O. The van der Waals surface area contributed by atoms with Crippen molar-refractivity contribution in [2.45, 2.75) is 0 Å². The number of nitrogen functional groups attached to an aromatic ring is 2. The summed E-state index contributed by atoms with van der Waals surface area (Å²) in [7, 11) is 0. The number of hydrogen-bond acceptors (Lipinski definition) is 4. The summed E-state index contributed by atoms with van der Waals surface area (Å²) in [6.45, 7) is 0. The van der Waals surface area contributed by atoms with Crippen molar-refractivity contribution in [3.05, 3.63) is 18.2 Å². The maximum Gasteiger partial charge on any atom is 0.149 e. The predicted molar refractivity (Wildman–Crippen MR) is 40.1 cm³/mol. The maximum atomic E-state index is 5.44. The Morgan fingerprint density at radius 2 is 1.80 bits per heavy atom. The zero-order chi connectivity index (χ0) is 7.56. The summed E-state index contributed by atoms with van der Waals surface area (Å²) in [5, 5.41) is 0. The average molecular weight is 139 g/mol. The summed E-state index contributed by atoms with van der Waals surface area (Å²) in [6.07, 6.45) is 0. The number of anilines is 2. The van der Waals surface area contributed by atoms with Gasteiger partial charge in [-0.25, -0.2) is 0 Å². The fourth-order valence-electron chi connectivity index (χ4n) is 0.626. The average Bonchev–Trinajstić information content (AvgIpc) is 1.95. The minimum absolute atomic E-state index is 0.475. The second-order valence-corrected chi connectivity index (χ2v) is 1.91. The lowest BCUT2D eigenvalue weighted by molar-refractivity contribution is 0.335. The molecule has 0 atom stereocenters. The Morgan fingerprint density at radius 3 is 2.30 bits per heavy atom. The zero-order valence-electron chi connectivity index (χ0n) is 5.37. The van der Waals surface area contributed by atoms with Crippen molar-refractivity contribution in [1.29, 1.82) is 0 Å². The molecule has 0 saturated carbocycles. The van der Waals surface area contributed by atoms with E-state index in [4.69, 9.17) is 17.4 Å². The highest BCUT2D eigenvalue weighted by molar-refractivity contribution is 5.65. The first-order chi connectivity index (χ1) is 4.74. The summed E-state index contributed by atoms with van der Waals surface area (Å²) in [4.78, 5) is 4.41. The highest BCUT2D eigenvalue weighted by Gasteiger charge is 1.95. The summed E-state index contributed by atoms with van der Waals surface area (Å²) >= 11 is 0. The van der Waals surface area contributed by atoms with Gasteiger partial charge in [0.25, 0.3) is 0 Å². The maximum absolute atomic E-state index is 5.44. The van der Waals surface area contributed by atoms with Crippen LogP contribution in [0.15, 0.2) is 18.2 Å². The zero-order valence-corrected chi connectivity index (χ0v) is 5.37. The Balaban J connectivity index is 3.04. The Labute approximate surface area is 58.5 Å². The Bertz CT molecular complexity index is 236. The van der Waals surface area contributed by atoms with Crippen LogP contribution >= 0.6 is 0 Å². The molecule has 0 aliphatic heterocycles. The van der Waals surface area contributed by atoms with Crippen molar-refractivity contribution in [3.63, 3.8) is 0 Å². The van der Waals surface area contributed by atoms with Gasteiger partial charge < -0.3 is 16.3 Å². The van der Waals surface area contributed by atoms with Gasteiger partial charge in [0, 0.05) is 6.07 Å². The van der Waals surface area contributed by atoms with Crippen LogP contribution in [0.5, 0.6) is 5.75 Å². The van der Waals surface area contributed by atoms with Crippen LogP contribution in [0.2, 0.25) is 0 Å². The van der Waals surface area contributed by atoms with E-state index in [2.05, 4.69) is 4.84 Å². The van der Waals surface area contributed by atoms with Gasteiger partial charge >= 0.3 is 0 Å². The first kappa shape index (κ1) is 6.70. The van der Waals surface area contributed by atoms with E-state index in [1.165, 1.54) is 0 Å². The second kappa shape index (κ2) is 2.45. The van der Waals surface area contributed by atoms with Crippen LogP contribution in [0.3, 0.4) is 0 Å². The van der Waals surface area contributed by atoms with Crippen molar-refractivity contribution < 1.29 is 4.84 Å². The third-order valence-corrected chi connectivity index (χ3v) is 1.19. The topological polar surface area (TPSA) is 87.3 Å². The van der Waals surface area contributed by atoms with Crippen LogP contribution in [0, 0.1) is 0 Å². The first-order valence-electron chi connectivity index (χ1n) is 2.76. The van der Waals surface area contributed by atoms with Gasteiger partial charge in [-0.05, 0) is 12.1 Å². The Kier molecular flexibility index (Phi) is 1.64. The van der Waals surface area contributed by atoms with Gasteiger partial charge in [-0.3, -0.25) is 0 Å². The molecule has 0 bridgehead atoms. The second-order valence-electron chi connectivity index (χ2n) is 1.91. The van der Waals surface area contributed by atoms with E-state index in [-0.39, 0.29) is 0 Å². The van der Waals surface area contributed by atoms with Gasteiger partial charge in [-0.2, -0.15) is 5.90 Å². The predicted octanol–water partition coefficient (Wildman–Crippen LogP) is 0.103. The molecule has 0 aliphatic rings. The van der Waals surface area contributed by atoms with Crippen LogP contribution in [0.25, 0.3) is 0 Å². The minimum Gasteiger partial charge on any atom is -0.411 e. The van der Waals surface area contributed by atoms with Crippen molar-refractivity contribution in [2.24, 2.45) is 5.90 Å². The lowest BCUT2D eigenvalue weighted by Crippen LogP contribution is -2.03. The summed E-state index contributed by atoms with van der Waals surface area (Å²) in [5.74, 6) is 5.38. The molecule has 0 aliphatic carbocycles. The molecule has 0 saturated heterocycles. The third-order valence-electron chi connectivity index (χ3n) is 1.19. The van der Waals surface area contributed by atoms with Gasteiger partial charge in [0.15, 0.2) is 0 Å². The normalized spacial score (nSPS) is 9.30. The highest BCUT2D eigenvalue weighted by Crippen LogP contribution is 2.19. The van der Waals surface area contributed by atoms with Crippen molar-refractivity contribution in [1.82, 2.24) is 0 Å². The van der Waals surface area contributed by atoms with Crippen LogP contribution in [0.1, 0.15) is 0 Å². The van der Waals surface area contributed by atoms with E-state index in [1.807, 2.05) is 0 Å². The smallest absolute Gasteiger partial charge is 0.149 e. The Hall–Kier alpha value is -1.42. The van der Waals surface area contributed by atoms with Crippen molar-refractivity contribution in [3.8, 4) is 5.75 Å². The molecule has 0 fully saturated rings. The summed E-state index contributed by atoms with van der Waals surface area (Å²) in [5.41, 5.74) is 11.9. The fraction of sp³-hybridized carbons (Fsp3) is 0. The van der Waals surface area contributed by atoms with Crippen LogP contribution in [0.4, 0.5) is 11.4 Å². The third kappa shape index (κ3) is 1.11. The number of hydrogen-bond donors (Lipinski definition) is 3. The molecule has 0 amide bonds. The van der Waals surface area contributed by atoms with Gasteiger partial charge in [0.05, 0.1) is 11.4 Å². The number of benzene rings is 1. The van der Waals surface area contributed by atoms with Gasteiger partial charge in [0.1, 0.15) is 5.75 Å². The molecule has 0 aromatic heterocycles. The first-order valence-corrected chi connectivity index (χ1v) is 2.76. The lowest BCUT2D eigenvalue weighted by Gasteiger charge is -2.01. The fourth-order valence-corrected chi connectivity index (χ4v) is 0.626. The van der Waals surface area contributed by atoms with Gasteiger partial charge in [0.2, 0.25) is 0 Å². The van der Waals surface area contributed by atoms with Crippen LogP contribution < -0.4 is 22.2 Å². The van der Waals surface area contributed by atoms with Crippen molar-refractivity contribution >= 4 is 11.4 Å². The largest absolute Gasteiger partial charge is 0.411 e. The molecule has 4 nitrogen and oxygen atoms in total. The molecule has 0 unspecified atom stereocenters. The molecule has 6 N–H and O–H groups in total. The Morgan fingerprint density at radius 1 is 1.10 bits per heavy atom. The number of rotatable bonds is 1. The SMILES string of the molecule is NOc1ccc(N)c(N)c1. The van der Waals surface area contributed by atoms with Gasteiger partial charge in [-0.1, -0.05) is 0 Å². The van der Waals surface area contributed by atoms with Crippen LogP contribution in [-0.2, 0) is 0 Å². The summed E-state index contributed by atoms with van der Waals surface area (Å²) in [6, 6.07) is 4.85. The molecule has 0 heterocycles. The monoisotopic (exact) mass is 139 g/mol. The van der Waals surface area contributed by atoms with Crippen molar-refractivity contribution in [2.75, 3.05) is 11.5 Å². The van der Waals surface area contributed by atoms with E-state index >= 15 is 0 Å². The quantitative estimate of drug-likeness (QED) is 0.380. The van der Waals surface area contributed by atoms with E-state index in [9.17, 15) is 0 Å². The molecule has 1 rings (SSSR count). The van der Waals surface area contributed by atoms with Crippen LogP contribution in [-0.4, -0.2) is 0 Å². The molecule has 0 spiro atoms. The number of nitrogens with two attached hydrogens (primary N) is 3. The standard InChI is InChI=1S/C6H9N3O/c7-5-2-1-4(10-9)3-6(5)8/h1-3H,7-9H2. The molecule has 0 radical (unpaired) electrons. The summed E-state index contributed by atoms with van der Waals surface area (Å²) < 4.78 is 0. The van der Waals surface area contributed by atoms with Gasteiger partial charge in [-0.15, -0.1) is 0 Å². The molecule has 10 heavy (non-hydrogen) atoms. The molecule has 4 heteroatoms. The van der Waals surface area contributed by atoms with E-state index in [1.54, 1.807) is 18.2 Å². The van der Waals surface area contributed by atoms with E-state index in [0.717, 1.165) is 0 Å². The molecule has 1 aromatic rings. The molecule has 1 aromatic carbocycles. The highest BCUT2D eigenvalue weighted by atomic mass is 16.6. The molecular weight excluding hydrogens is 130 g/mol. The minimum atomic E-state index is 0.475. The van der Waals surface area contributed by atoms with E-state index < -0.39 is 0 Å². The lowest BCUT2D eigenvalue weighted by atomic mass is 10.2. The van der Waals surface area contributed by atoms with E-state index in [0.29, 0.717) is 17.1 Å².